The minimum atomic E-state index is -3.46. The molecule has 0 saturated carbocycles. The predicted molar refractivity (Wildman–Crippen MR) is 129 cm³/mol. The van der Waals surface area contributed by atoms with Crippen LogP contribution in [0.25, 0.3) is 11.0 Å². The van der Waals surface area contributed by atoms with Crippen molar-refractivity contribution < 1.29 is 45.7 Å². The zero-order chi connectivity index (χ0) is 31.9. The minimum Gasteiger partial charge on any atom is -0.486 e. The largest absolute Gasteiger partial charge is 0.486 e. The zero-order valence-corrected chi connectivity index (χ0v) is 19.7. The molecule has 194 valence electrons. The number of hydrogen-bond acceptors (Lipinski definition) is 7. The van der Waals surface area contributed by atoms with E-state index in [1.54, 1.807) is 37.3 Å². The summed E-state index contributed by atoms with van der Waals surface area (Å²) in [5.74, 6) is -5.78. The molecule has 1 aliphatic rings. The molecule has 1 N–H and O–H groups in total. The lowest BCUT2D eigenvalue weighted by Crippen LogP contribution is -2.60. The first kappa shape index (κ1) is 18.8. The third-order valence-corrected chi connectivity index (χ3v) is 5.94. The van der Waals surface area contributed by atoms with Crippen molar-refractivity contribution in [1.82, 2.24) is 15.1 Å². The van der Waals surface area contributed by atoms with Gasteiger partial charge in [-0.1, -0.05) is 30.3 Å². The summed E-state index contributed by atoms with van der Waals surface area (Å²) >= 11 is 0. The molecule has 1 aromatic heterocycles. The Labute approximate surface area is 220 Å². The number of nitrogens with one attached hydrogen (secondary N) is 1. The number of nitrogens with zero attached hydrogens (tertiary/aromatic N) is 2. The smallest absolute Gasteiger partial charge is 0.415 e. The van der Waals surface area contributed by atoms with E-state index in [1.165, 1.54) is 6.07 Å². The maximum absolute atomic E-state index is 14.0. The molecule has 0 fully saturated rings. The molecule has 3 amide bonds. The first-order valence-corrected chi connectivity index (χ1v) is 11.0. The van der Waals surface area contributed by atoms with Crippen molar-refractivity contribution in [2.24, 2.45) is 0 Å². The van der Waals surface area contributed by atoms with Crippen LogP contribution in [-0.2, 0) is 14.3 Å². The van der Waals surface area contributed by atoms with E-state index in [4.69, 9.17) is 22.1 Å². The number of likely N-dealkylation sites (N-methyl/N-ethyl adjacent to an activating group) is 1. The van der Waals surface area contributed by atoms with Crippen molar-refractivity contribution in [3.05, 3.63) is 65.7 Å². The first-order chi connectivity index (χ1) is 19.9. The maximum atomic E-state index is 14.0. The summed E-state index contributed by atoms with van der Waals surface area (Å²) in [5, 5.41) is 2.46. The number of fused-ring (bicyclic) bond motifs is 3. The number of hydrogen-bond donors (Lipinski definition) is 1. The first-order valence-electron chi connectivity index (χ1n) is 14.0. The summed E-state index contributed by atoms with van der Waals surface area (Å²) < 4.78 is 75.6. The highest BCUT2D eigenvalue weighted by Crippen LogP contribution is 2.39. The molecule has 4 rings (SSSR count). The number of amides is 3. The van der Waals surface area contributed by atoms with Gasteiger partial charge >= 0.3 is 12.1 Å². The SMILES string of the molecule is [2H]C([2H])([2H])N(C(=O)CN1C(=O)c2oc3ccc(F)cc3c2OC[C@]1(C)C(=O)OC(=O)N[C@@H](C)c1ccccc1)C([2H])([2H])[2H]. The average Bonchev–Trinajstić information content (AvgIpc) is 3.21. The van der Waals surface area contributed by atoms with E-state index in [1.807, 2.05) is 0 Å². The molecule has 0 saturated heterocycles. The van der Waals surface area contributed by atoms with Crippen molar-refractivity contribution in [3.8, 4) is 5.75 Å². The van der Waals surface area contributed by atoms with Crippen LogP contribution in [0.1, 0.15) is 44.2 Å². The fourth-order valence-corrected chi connectivity index (χ4v) is 3.82. The van der Waals surface area contributed by atoms with Gasteiger partial charge in [0.1, 0.15) is 24.6 Å². The van der Waals surface area contributed by atoms with Crippen LogP contribution < -0.4 is 10.1 Å². The zero-order valence-electron chi connectivity index (χ0n) is 25.7. The molecule has 0 radical (unpaired) electrons. The van der Waals surface area contributed by atoms with Crippen molar-refractivity contribution in [1.29, 1.82) is 0 Å². The lowest BCUT2D eigenvalue weighted by molar-refractivity contribution is -0.152. The van der Waals surface area contributed by atoms with Gasteiger partial charge in [0.15, 0.2) is 11.3 Å². The molecule has 2 aromatic carbocycles. The molecule has 0 unspecified atom stereocenters. The summed E-state index contributed by atoms with van der Waals surface area (Å²) in [6.07, 6.45) is -1.22. The summed E-state index contributed by atoms with van der Waals surface area (Å²) in [4.78, 5) is 53.3. The molecular weight excluding hydrogens is 485 g/mol. The quantitative estimate of drug-likeness (QED) is 0.408. The Balaban J connectivity index is 1.71. The van der Waals surface area contributed by atoms with E-state index < -0.39 is 74.1 Å². The Morgan fingerprint density at radius 2 is 1.97 bits per heavy atom. The van der Waals surface area contributed by atoms with Crippen LogP contribution >= 0.6 is 0 Å². The second-order valence-corrected chi connectivity index (χ2v) is 8.54. The standard InChI is InChI=1S/C26H26FN3O7/c1-15(16-8-6-5-7-9-16)28-25(34)37-24(33)26(2)14-35-21-18-12-17(27)10-11-19(18)36-22(21)23(32)30(26)13-20(31)29(3)4/h5-12,15H,13-14H2,1-4H3,(H,28,34)/t15-,26+/m0/s1/i3D3,4D3. The number of esters is 1. The molecule has 3 aromatic rings. The highest BCUT2D eigenvalue weighted by molar-refractivity contribution is 6.06. The van der Waals surface area contributed by atoms with Crippen molar-refractivity contribution >= 4 is 34.8 Å². The Bertz CT molecular complexity index is 1560. The van der Waals surface area contributed by atoms with E-state index in [9.17, 15) is 23.6 Å². The molecule has 0 spiro atoms. The van der Waals surface area contributed by atoms with Gasteiger partial charge in [-0.15, -0.1) is 0 Å². The van der Waals surface area contributed by atoms with Crippen LogP contribution in [0, 0.1) is 5.82 Å². The molecule has 0 aliphatic carbocycles. The summed E-state index contributed by atoms with van der Waals surface area (Å²) in [5.41, 5.74) is -1.63. The van der Waals surface area contributed by atoms with Gasteiger partial charge in [-0.2, -0.15) is 0 Å². The molecule has 0 bridgehead atoms. The number of carbonyl (C=O) groups excluding carboxylic acids is 4. The van der Waals surface area contributed by atoms with Gasteiger partial charge in [-0.05, 0) is 37.6 Å². The topological polar surface area (TPSA) is 118 Å². The maximum Gasteiger partial charge on any atom is 0.415 e. The molecular formula is C26H26FN3O7. The number of carbonyl (C=O) groups is 4. The molecule has 37 heavy (non-hydrogen) atoms. The van der Waals surface area contributed by atoms with Crippen molar-refractivity contribution in [3.63, 3.8) is 0 Å². The normalized spacial score (nSPS) is 20.9. The van der Waals surface area contributed by atoms with Crippen LogP contribution in [0.4, 0.5) is 9.18 Å². The van der Waals surface area contributed by atoms with Crippen LogP contribution in [-0.4, -0.2) is 66.3 Å². The van der Waals surface area contributed by atoms with Gasteiger partial charge < -0.3 is 29.0 Å². The van der Waals surface area contributed by atoms with Crippen LogP contribution in [0.15, 0.2) is 52.9 Å². The summed E-state index contributed by atoms with van der Waals surface area (Å²) in [6, 6.07) is 11.3. The van der Waals surface area contributed by atoms with Gasteiger partial charge in [0, 0.05) is 22.2 Å². The van der Waals surface area contributed by atoms with Gasteiger partial charge in [-0.3, -0.25) is 9.59 Å². The predicted octanol–water partition coefficient (Wildman–Crippen LogP) is 3.27. The van der Waals surface area contributed by atoms with E-state index >= 15 is 0 Å². The number of rotatable bonds is 5. The van der Waals surface area contributed by atoms with Crippen molar-refractivity contribution in [2.45, 2.75) is 25.4 Å². The van der Waals surface area contributed by atoms with E-state index in [2.05, 4.69) is 5.32 Å². The molecule has 10 nitrogen and oxygen atoms in total. The van der Waals surface area contributed by atoms with E-state index in [-0.39, 0.29) is 21.6 Å². The summed E-state index contributed by atoms with van der Waals surface area (Å²) in [6.45, 7) is -6.30. The molecule has 1 aliphatic heterocycles. The van der Waals surface area contributed by atoms with E-state index in [0.717, 1.165) is 19.1 Å². The number of alkyl carbamates (subject to hydrolysis) is 1. The monoisotopic (exact) mass is 517 g/mol. The number of ether oxygens (including phenoxy) is 2. The van der Waals surface area contributed by atoms with Gasteiger partial charge in [-0.25, -0.2) is 14.0 Å². The Hall–Kier alpha value is -4.41. The third-order valence-electron chi connectivity index (χ3n) is 5.94. The van der Waals surface area contributed by atoms with Crippen LogP contribution in [0.3, 0.4) is 0 Å². The fraction of sp³-hybridized carbons (Fsp3) is 0.308. The van der Waals surface area contributed by atoms with Gasteiger partial charge in [0.05, 0.1) is 11.4 Å². The minimum absolute atomic E-state index is 0.00767. The second kappa shape index (κ2) is 9.92. The van der Waals surface area contributed by atoms with Gasteiger partial charge in [0.25, 0.3) is 5.91 Å². The van der Waals surface area contributed by atoms with Gasteiger partial charge in [0.2, 0.25) is 11.7 Å². The second-order valence-electron chi connectivity index (χ2n) is 8.54. The lowest BCUT2D eigenvalue weighted by atomic mass is 10.0. The molecule has 2 heterocycles. The molecule has 2 atom stereocenters. The lowest BCUT2D eigenvalue weighted by Gasteiger charge is -2.36. The van der Waals surface area contributed by atoms with Crippen LogP contribution in [0.5, 0.6) is 5.75 Å². The Morgan fingerprint density at radius 3 is 2.68 bits per heavy atom. The highest BCUT2D eigenvalue weighted by atomic mass is 19.1. The third kappa shape index (κ3) is 4.97. The number of furan rings is 1. The fourth-order valence-electron chi connectivity index (χ4n) is 3.82. The summed E-state index contributed by atoms with van der Waals surface area (Å²) in [7, 11) is 0. The van der Waals surface area contributed by atoms with Crippen molar-refractivity contribution in [2.75, 3.05) is 27.1 Å². The Morgan fingerprint density at radius 1 is 1.24 bits per heavy atom. The van der Waals surface area contributed by atoms with Crippen LogP contribution in [0.2, 0.25) is 0 Å². The molecule has 11 heteroatoms. The Kier molecular flexibility index (Phi) is 5.04. The average molecular weight is 518 g/mol. The van der Waals surface area contributed by atoms with E-state index in [0.29, 0.717) is 10.5 Å². The number of benzene rings is 2. The number of halogens is 1. The highest BCUT2D eigenvalue weighted by Gasteiger charge is 2.50.